The van der Waals surface area contributed by atoms with Crippen LogP contribution < -0.4 is 0 Å². The van der Waals surface area contributed by atoms with Gasteiger partial charge in [0.2, 0.25) is 0 Å². The second-order valence-corrected chi connectivity index (χ2v) is 5.44. The molecule has 1 aliphatic carbocycles. The monoisotopic (exact) mass is 186 g/mol. The molecule has 1 saturated heterocycles. The van der Waals surface area contributed by atoms with Crippen molar-refractivity contribution in [3.8, 4) is 0 Å². The van der Waals surface area contributed by atoms with Crippen molar-refractivity contribution in [1.29, 1.82) is 0 Å². The lowest BCUT2D eigenvalue weighted by molar-refractivity contribution is 0.473. The van der Waals surface area contributed by atoms with Gasteiger partial charge in [0.1, 0.15) is 0 Å². The zero-order chi connectivity index (χ0) is 8.97. The van der Waals surface area contributed by atoms with Crippen LogP contribution in [0.2, 0.25) is 0 Å². The highest BCUT2D eigenvalue weighted by Crippen LogP contribution is 2.44. The van der Waals surface area contributed by atoms with Crippen molar-refractivity contribution in [3.05, 3.63) is 0 Å². The van der Waals surface area contributed by atoms with E-state index in [1.807, 2.05) is 13.8 Å². The van der Waals surface area contributed by atoms with Gasteiger partial charge in [0, 0.05) is 10.5 Å². The van der Waals surface area contributed by atoms with Gasteiger partial charge in [0.15, 0.2) is 0 Å². The van der Waals surface area contributed by atoms with Crippen molar-refractivity contribution < 1.29 is 0 Å². The predicted molar refractivity (Wildman–Crippen MR) is 58.8 cm³/mol. The van der Waals surface area contributed by atoms with Crippen molar-refractivity contribution in [1.82, 2.24) is 0 Å². The lowest BCUT2D eigenvalue weighted by Gasteiger charge is -2.29. The fourth-order valence-electron chi connectivity index (χ4n) is 2.33. The highest BCUT2D eigenvalue weighted by Gasteiger charge is 2.32. The van der Waals surface area contributed by atoms with Crippen molar-refractivity contribution in [2.75, 3.05) is 0 Å². The zero-order valence-corrected chi connectivity index (χ0v) is 9.49. The van der Waals surface area contributed by atoms with Crippen LogP contribution in [0.3, 0.4) is 0 Å². The summed E-state index contributed by atoms with van der Waals surface area (Å²) in [5.41, 5.74) is 0. The summed E-state index contributed by atoms with van der Waals surface area (Å²) >= 11 is 2.26. The molecule has 0 spiro atoms. The Balaban J connectivity index is 0.000000336. The molecule has 0 aromatic rings. The van der Waals surface area contributed by atoms with Crippen molar-refractivity contribution in [3.63, 3.8) is 0 Å². The first kappa shape index (κ1) is 10.4. The summed E-state index contributed by atoms with van der Waals surface area (Å²) in [5, 5.41) is 2.02. The van der Waals surface area contributed by atoms with E-state index in [-0.39, 0.29) is 0 Å². The fourth-order valence-corrected chi connectivity index (χ4v) is 3.99. The zero-order valence-electron chi connectivity index (χ0n) is 8.68. The van der Waals surface area contributed by atoms with E-state index in [9.17, 15) is 0 Å². The van der Waals surface area contributed by atoms with Gasteiger partial charge in [-0.2, -0.15) is 11.8 Å². The first-order valence-corrected chi connectivity index (χ1v) is 6.46. The van der Waals surface area contributed by atoms with Crippen LogP contribution in [-0.2, 0) is 0 Å². The van der Waals surface area contributed by atoms with Gasteiger partial charge in [-0.3, -0.25) is 0 Å². The first-order valence-electron chi connectivity index (χ1n) is 5.52. The molecule has 72 valence electrons. The number of hydrogen-bond donors (Lipinski definition) is 0. The minimum atomic E-state index is 0.958. The molecule has 2 rings (SSSR count). The average molecular weight is 186 g/mol. The Labute approximate surface area is 81.5 Å². The summed E-state index contributed by atoms with van der Waals surface area (Å²) in [6.07, 6.45) is 7.56. The van der Waals surface area contributed by atoms with E-state index in [0.29, 0.717) is 0 Å². The van der Waals surface area contributed by atoms with E-state index in [1.54, 1.807) is 0 Å². The summed E-state index contributed by atoms with van der Waals surface area (Å²) in [4.78, 5) is 0. The van der Waals surface area contributed by atoms with Crippen LogP contribution in [-0.4, -0.2) is 10.5 Å². The number of hydrogen-bond acceptors (Lipinski definition) is 1. The van der Waals surface area contributed by atoms with Gasteiger partial charge in [-0.1, -0.05) is 27.2 Å². The van der Waals surface area contributed by atoms with Gasteiger partial charge < -0.3 is 0 Å². The lowest BCUT2D eigenvalue weighted by Crippen LogP contribution is -2.20. The molecule has 1 saturated carbocycles. The van der Waals surface area contributed by atoms with Crippen LogP contribution in [0, 0.1) is 5.92 Å². The molecular weight excluding hydrogens is 164 g/mol. The van der Waals surface area contributed by atoms with Crippen molar-refractivity contribution in [2.45, 2.75) is 63.4 Å². The smallest absolute Gasteiger partial charge is 0.00780 e. The topological polar surface area (TPSA) is 0 Å². The Bertz CT molecular complexity index is 122. The predicted octanol–water partition coefficient (Wildman–Crippen LogP) is 4.10. The Morgan fingerprint density at radius 3 is 2.50 bits per heavy atom. The molecule has 1 heteroatoms. The van der Waals surface area contributed by atoms with Gasteiger partial charge in [0.05, 0.1) is 0 Å². The largest absolute Gasteiger partial charge is 0.155 e. The molecule has 0 radical (unpaired) electrons. The quantitative estimate of drug-likeness (QED) is 0.549. The maximum atomic E-state index is 2.39. The third-order valence-electron chi connectivity index (χ3n) is 2.94. The Hall–Kier alpha value is 0.350. The van der Waals surface area contributed by atoms with Crippen LogP contribution in [0.25, 0.3) is 0 Å². The minimum Gasteiger partial charge on any atom is -0.155 e. The molecule has 0 bridgehead atoms. The van der Waals surface area contributed by atoms with Crippen molar-refractivity contribution in [2.24, 2.45) is 5.92 Å². The van der Waals surface area contributed by atoms with Crippen LogP contribution in [0.5, 0.6) is 0 Å². The van der Waals surface area contributed by atoms with Crippen LogP contribution >= 0.6 is 11.8 Å². The molecule has 1 heterocycles. The maximum absolute atomic E-state index is 2.39. The molecule has 1 aliphatic heterocycles. The maximum Gasteiger partial charge on any atom is 0.00780 e. The third kappa shape index (κ3) is 2.42. The minimum absolute atomic E-state index is 0.958. The van der Waals surface area contributed by atoms with Gasteiger partial charge in [0.25, 0.3) is 0 Å². The Kier molecular flexibility index (Phi) is 4.49. The van der Waals surface area contributed by atoms with Gasteiger partial charge >= 0.3 is 0 Å². The van der Waals surface area contributed by atoms with E-state index in [2.05, 4.69) is 18.7 Å². The van der Waals surface area contributed by atoms with E-state index in [1.165, 1.54) is 32.1 Å². The normalized spacial score (nSPS) is 39.8. The summed E-state index contributed by atoms with van der Waals surface area (Å²) in [5.74, 6) is 1.11. The molecule has 3 atom stereocenters. The molecule has 0 aromatic heterocycles. The van der Waals surface area contributed by atoms with Crippen molar-refractivity contribution >= 4 is 11.8 Å². The second kappa shape index (κ2) is 5.16. The summed E-state index contributed by atoms with van der Waals surface area (Å²) in [6, 6.07) is 0. The molecule has 0 aromatic carbocycles. The van der Waals surface area contributed by atoms with Gasteiger partial charge in [-0.25, -0.2) is 0 Å². The lowest BCUT2D eigenvalue weighted by atomic mass is 10.00. The molecule has 12 heavy (non-hydrogen) atoms. The molecule has 2 aliphatic rings. The van der Waals surface area contributed by atoms with Crippen LogP contribution in [0.4, 0.5) is 0 Å². The Morgan fingerprint density at radius 2 is 1.75 bits per heavy atom. The second-order valence-electron chi connectivity index (χ2n) is 3.75. The van der Waals surface area contributed by atoms with Gasteiger partial charge in [-0.05, 0) is 31.6 Å². The molecular formula is C11H22S. The number of thioether (sulfide) groups is 1. The highest BCUT2D eigenvalue weighted by atomic mass is 32.2. The van der Waals surface area contributed by atoms with Crippen LogP contribution in [0.1, 0.15) is 52.9 Å². The third-order valence-corrected chi connectivity index (χ3v) is 4.61. The molecule has 0 nitrogen and oxygen atoms in total. The Morgan fingerprint density at radius 1 is 1.00 bits per heavy atom. The fraction of sp³-hybridized carbons (Fsp3) is 1.00. The number of fused-ring (bicyclic) bond motifs is 1. The van der Waals surface area contributed by atoms with E-state index in [0.717, 1.165) is 16.4 Å². The molecule has 2 fully saturated rings. The standard InChI is InChI=1S/C9H16S.C2H6/c1-7-5-6-8-3-2-4-9(8)10-7;1-2/h7-9H,2-6H2,1H3;1-2H3. The van der Waals surface area contributed by atoms with E-state index >= 15 is 0 Å². The first-order chi connectivity index (χ1) is 5.86. The van der Waals surface area contributed by atoms with Gasteiger partial charge in [-0.15, -0.1) is 0 Å². The van der Waals surface area contributed by atoms with E-state index < -0.39 is 0 Å². The molecule has 0 amide bonds. The summed E-state index contributed by atoms with van der Waals surface area (Å²) in [6.45, 7) is 6.39. The summed E-state index contributed by atoms with van der Waals surface area (Å²) in [7, 11) is 0. The van der Waals surface area contributed by atoms with E-state index in [4.69, 9.17) is 0 Å². The number of rotatable bonds is 0. The molecule has 0 N–H and O–H groups in total. The highest BCUT2D eigenvalue weighted by molar-refractivity contribution is 8.00. The average Bonchev–Trinajstić information content (AvgIpc) is 2.54. The molecule has 3 unspecified atom stereocenters. The SMILES string of the molecule is CC.CC1CCC2CCCC2S1. The summed E-state index contributed by atoms with van der Waals surface area (Å²) < 4.78 is 0. The van der Waals surface area contributed by atoms with Crippen LogP contribution in [0.15, 0.2) is 0 Å².